The Bertz CT molecular complexity index is 1060. The quantitative estimate of drug-likeness (QED) is 0.554. The average molecular weight is 452 g/mol. The van der Waals surface area contributed by atoms with E-state index in [-0.39, 0.29) is 12.0 Å². The number of pyridine rings is 1. The number of carbonyl (C=O) groups excluding carboxylic acids is 1. The third-order valence-electron chi connectivity index (χ3n) is 4.39. The van der Waals surface area contributed by atoms with Gasteiger partial charge in [0.05, 0.1) is 30.5 Å². The molecule has 1 amide bonds. The summed E-state index contributed by atoms with van der Waals surface area (Å²) in [7, 11) is 0. The van der Waals surface area contributed by atoms with Crippen LogP contribution in [0, 0.1) is 0 Å². The molecule has 3 aromatic rings. The van der Waals surface area contributed by atoms with Crippen molar-refractivity contribution in [1.82, 2.24) is 15.2 Å². The number of aliphatic carboxylic acids is 1. The lowest BCUT2D eigenvalue weighted by Gasteiger charge is -2.22. The first-order valence-corrected chi connectivity index (χ1v) is 9.47. The Labute approximate surface area is 179 Å². The number of amides is 1. The Morgan fingerprint density at radius 1 is 1.16 bits per heavy atom. The molecule has 3 heterocycles. The van der Waals surface area contributed by atoms with Crippen LogP contribution in [0.2, 0.25) is 0 Å². The molecule has 4 rings (SSSR count). The maximum atomic E-state index is 12.4. The fourth-order valence-corrected chi connectivity index (χ4v) is 2.77. The standard InChI is InChI=1S/C18H18N4O3.C2HF3O2/c23-18(21-14-2-3-16-13(9-14)11-20-22-16)12-1-4-17(19-10-12)25-15-5-7-24-8-6-15;3-2(4,5)1(6)7/h1-4,9-11,15H,5-8H2,(H,20,22)(H,21,23);(H,6,7). The number of nitrogens with zero attached hydrogens (tertiary/aromatic N) is 2. The normalized spacial score (nSPS) is 14.3. The third-order valence-corrected chi connectivity index (χ3v) is 4.39. The van der Waals surface area contributed by atoms with E-state index < -0.39 is 12.1 Å². The number of anilines is 1. The van der Waals surface area contributed by atoms with E-state index in [4.69, 9.17) is 19.4 Å². The van der Waals surface area contributed by atoms with Gasteiger partial charge in [0.25, 0.3) is 5.91 Å². The number of aromatic amines is 1. The lowest BCUT2D eigenvalue weighted by atomic mass is 10.1. The number of alkyl halides is 3. The second-order valence-electron chi connectivity index (χ2n) is 6.74. The lowest BCUT2D eigenvalue weighted by Crippen LogP contribution is -2.26. The smallest absolute Gasteiger partial charge is 0.475 e. The molecule has 1 fully saturated rings. The second kappa shape index (κ2) is 10.1. The van der Waals surface area contributed by atoms with E-state index in [1.54, 1.807) is 18.3 Å². The minimum absolute atomic E-state index is 0.127. The molecule has 1 saturated heterocycles. The van der Waals surface area contributed by atoms with Crippen molar-refractivity contribution in [2.75, 3.05) is 18.5 Å². The highest BCUT2D eigenvalue weighted by molar-refractivity contribution is 6.04. The number of carboxylic acids is 1. The minimum Gasteiger partial charge on any atom is -0.475 e. The predicted octanol–water partition coefficient (Wildman–Crippen LogP) is 3.40. The molecule has 0 spiro atoms. The SMILES string of the molecule is O=C(Nc1ccc2[nH]ncc2c1)c1ccc(OC2CCOCC2)nc1.O=C(O)C(F)(F)F. The zero-order valence-electron chi connectivity index (χ0n) is 16.6. The van der Waals surface area contributed by atoms with Gasteiger partial charge in [-0.15, -0.1) is 0 Å². The summed E-state index contributed by atoms with van der Waals surface area (Å²) in [5, 5.41) is 17.8. The topological polar surface area (TPSA) is 126 Å². The van der Waals surface area contributed by atoms with Crippen LogP contribution in [0.15, 0.2) is 42.7 Å². The van der Waals surface area contributed by atoms with E-state index in [2.05, 4.69) is 20.5 Å². The summed E-state index contributed by atoms with van der Waals surface area (Å²) < 4.78 is 42.9. The summed E-state index contributed by atoms with van der Waals surface area (Å²) in [5.74, 6) is -2.44. The number of carbonyl (C=O) groups is 2. The van der Waals surface area contributed by atoms with Gasteiger partial charge in [-0.1, -0.05) is 0 Å². The number of rotatable bonds is 4. The number of halogens is 3. The molecule has 9 nitrogen and oxygen atoms in total. The van der Waals surface area contributed by atoms with Crippen molar-refractivity contribution < 1.29 is 37.3 Å². The number of carboxylic acid groups (broad SMARTS) is 1. The fraction of sp³-hybridized carbons (Fsp3) is 0.300. The van der Waals surface area contributed by atoms with Crippen LogP contribution < -0.4 is 10.1 Å². The van der Waals surface area contributed by atoms with Crippen molar-refractivity contribution >= 4 is 28.5 Å². The monoisotopic (exact) mass is 452 g/mol. The van der Waals surface area contributed by atoms with Crippen LogP contribution in [0.1, 0.15) is 23.2 Å². The van der Waals surface area contributed by atoms with E-state index >= 15 is 0 Å². The van der Waals surface area contributed by atoms with Crippen LogP contribution in [0.5, 0.6) is 5.88 Å². The molecule has 0 bridgehead atoms. The van der Waals surface area contributed by atoms with Crippen molar-refractivity contribution in [2.24, 2.45) is 0 Å². The zero-order chi connectivity index (χ0) is 23.1. The highest BCUT2D eigenvalue weighted by atomic mass is 19.4. The summed E-state index contributed by atoms with van der Waals surface area (Å²) in [5.41, 5.74) is 2.11. The summed E-state index contributed by atoms with van der Waals surface area (Å²) in [6.07, 6.45) is 0.0125. The average Bonchev–Trinajstić information content (AvgIpc) is 3.23. The summed E-state index contributed by atoms with van der Waals surface area (Å²) in [6.45, 7) is 1.43. The molecule has 1 aromatic carbocycles. The second-order valence-corrected chi connectivity index (χ2v) is 6.74. The summed E-state index contributed by atoms with van der Waals surface area (Å²) in [4.78, 5) is 25.5. The van der Waals surface area contributed by atoms with E-state index in [1.165, 1.54) is 6.20 Å². The van der Waals surface area contributed by atoms with Crippen LogP contribution >= 0.6 is 0 Å². The van der Waals surface area contributed by atoms with Gasteiger partial charge in [0.15, 0.2) is 0 Å². The van der Waals surface area contributed by atoms with E-state index in [0.717, 1.165) is 23.7 Å². The van der Waals surface area contributed by atoms with E-state index in [0.29, 0.717) is 30.3 Å². The maximum absolute atomic E-state index is 12.4. The number of aromatic nitrogens is 3. The molecule has 1 aliphatic rings. The van der Waals surface area contributed by atoms with Crippen LogP contribution in [-0.2, 0) is 9.53 Å². The number of fused-ring (bicyclic) bond motifs is 1. The molecule has 0 unspecified atom stereocenters. The Hall–Kier alpha value is -3.67. The molecule has 0 radical (unpaired) electrons. The first-order chi connectivity index (χ1) is 15.2. The van der Waals surface area contributed by atoms with Crippen LogP contribution in [0.25, 0.3) is 10.9 Å². The predicted molar refractivity (Wildman–Crippen MR) is 106 cm³/mol. The summed E-state index contributed by atoms with van der Waals surface area (Å²) in [6, 6.07) is 9.01. The molecule has 0 aliphatic carbocycles. The molecule has 12 heteroatoms. The fourth-order valence-electron chi connectivity index (χ4n) is 2.77. The summed E-state index contributed by atoms with van der Waals surface area (Å²) >= 11 is 0. The highest BCUT2D eigenvalue weighted by Gasteiger charge is 2.38. The Morgan fingerprint density at radius 2 is 1.88 bits per heavy atom. The Balaban J connectivity index is 0.000000360. The van der Waals surface area contributed by atoms with Gasteiger partial charge >= 0.3 is 12.1 Å². The number of ether oxygens (including phenoxy) is 2. The van der Waals surface area contributed by atoms with Crippen LogP contribution in [0.3, 0.4) is 0 Å². The van der Waals surface area contributed by atoms with Crippen molar-refractivity contribution in [3.63, 3.8) is 0 Å². The number of hydrogen-bond acceptors (Lipinski definition) is 6. The van der Waals surface area contributed by atoms with Crippen molar-refractivity contribution in [3.8, 4) is 5.88 Å². The molecule has 2 aromatic heterocycles. The largest absolute Gasteiger partial charge is 0.490 e. The van der Waals surface area contributed by atoms with Gasteiger partial charge in [-0.3, -0.25) is 9.89 Å². The Kier molecular flexibility index (Phi) is 7.25. The van der Waals surface area contributed by atoms with Gasteiger partial charge in [-0.2, -0.15) is 18.3 Å². The number of H-pyrrole nitrogens is 1. The Morgan fingerprint density at radius 3 is 2.50 bits per heavy atom. The van der Waals surface area contributed by atoms with Crippen molar-refractivity contribution in [2.45, 2.75) is 25.1 Å². The van der Waals surface area contributed by atoms with Crippen molar-refractivity contribution in [3.05, 3.63) is 48.3 Å². The first-order valence-electron chi connectivity index (χ1n) is 9.47. The molecular formula is C20H19F3N4O5. The molecule has 170 valence electrons. The third kappa shape index (κ3) is 6.41. The van der Waals surface area contributed by atoms with E-state index in [1.807, 2.05) is 18.2 Å². The van der Waals surface area contributed by atoms with Gasteiger partial charge in [-0.05, 0) is 24.3 Å². The zero-order valence-corrected chi connectivity index (χ0v) is 16.6. The molecular weight excluding hydrogens is 433 g/mol. The van der Waals surface area contributed by atoms with Gasteiger partial charge < -0.3 is 19.9 Å². The maximum Gasteiger partial charge on any atom is 0.490 e. The molecule has 3 N–H and O–H groups in total. The molecule has 0 atom stereocenters. The molecule has 0 saturated carbocycles. The number of nitrogens with one attached hydrogen (secondary N) is 2. The number of benzene rings is 1. The lowest BCUT2D eigenvalue weighted by molar-refractivity contribution is -0.192. The van der Waals surface area contributed by atoms with Crippen molar-refractivity contribution in [1.29, 1.82) is 0 Å². The highest BCUT2D eigenvalue weighted by Crippen LogP contribution is 2.19. The molecule has 32 heavy (non-hydrogen) atoms. The van der Waals surface area contributed by atoms with E-state index in [9.17, 15) is 18.0 Å². The molecule has 1 aliphatic heterocycles. The van der Waals surface area contributed by atoms with Crippen LogP contribution in [0.4, 0.5) is 18.9 Å². The minimum atomic E-state index is -5.08. The van der Waals surface area contributed by atoms with Gasteiger partial charge in [0.1, 0.15) is 6.10 Å². The first kappa shape index (κ1) is 23.0. The van der Waals surface area contributed by atoms with Gasteiger partial charge in [0, 0.05) is 36.2 Å². The number of hydrogen-bond donors (Lipinski definition) is 3. The van der Waals surface area contributed by atoms with Gasteiger partial charge in [0.2, 0.25) is 5.88 Å². The van der Waals surface area contributed by atoms with Gasteiger partial charge in [-0.25, -0.2) is 9.78 Å². The van der Waals surface area contributed by atoms with Crippen LogP contribution in [-0.4, -0.2) is 57.7 Å².